The summed E-state index contributed by atoms with van der Waals surface area (Å²) in [7, 11) is 4.28. The lowest BCUT2D eigenvalue weighted by Crippen LogP contribution is -2.32. The Bertz CT molecular complexity index is 1160. The fourth-order valence-corrected chi connectivity index (χ4v) is 5.02. The molecule has 0 saturated carbocycles. The summed E-state index contributed by atoms with van der Waals surface area (Å²) in [5, 5.41) is 8.67. The van der Waals surface area contributed by atoms with Crippen molar-refractivity contribution < 1.29 is 28.7 Å². The van der Waals surface area contributed by atoms with Gasteiger partial charge in [0, 0.05) is 5.69 Å². The lowest BCUT2D eigenvalue weighted by molar-refractivity contribution is -0.145. The standard InChI is InChI=1S/C13H21N3O2.C11H17N3O.C6H10O3/c1-4-18-13(17)12-9-14-16(10(12)2)11-5-7-15(3)8-6-11;1-9-10(8-15)7-12-14(9)11-3-5-13(2)6-4-11;1-3-9-6(8)4-5(2)7/h9,11H,4-8H2,1-3H3;7-8,11H,3-6H2,1-2H3;3-4H2,1-2H3. The maximum Gasteiger partial charge on any atom is 0.341 e. The van der Waals surface area contributed by atoms with E-state index in [1.807, 2.05) is 30.1 Å². The molecule has 2 aliphatic rings. The number of aromatic nitrogens is 4. The summed E-state index contributed by atoms with van der Waals surface area (Å²) in [6, 6.07) is 0.874. The molecule has 4 rings (SSSR count). The molecule has 12 nitrogen and oxygen atoms in total. The summed E-state index contributed by atoms with van der Waals surface area (Å²) in [5.41, 5.74) is 3.23. The van der Waals surface area contributed by atoms with E-state index in [1.165, 1.54) is 6.92 Å². The summed E-state index contributed by atoms with van der Waals surface area (Å²) >= 11 is 0. The number of aldehydes is 1. The van der Waals surface area contributed by atoms with Crippen LogP contribution in [0.25, 0.3) is 0 Å². The van der Waals surface area contributed by atoms with Crippen LogP contribution in [-0.4, -0.2) is 107 Å². The van der Waals surface area contributed by atoms with Crippen LogP contribution in [0.15, 0.2) is 12.4 Å². The SMILES string of the molecule is CCOC(=O)CC(C)=O.CCOC(=O)c1cnn(C2CCN(C)CC2)c1C.Cc1c(C=O)cnn1C1CCN(C)CC1. The van der Waals surface area contributed by atoms with Crippen molar-refractivity contribution >= 4 is 24.0 Å². The van der Waals surface area contributed by atoms with Crippen LogP contribution >= 0.6 is 0 Å². The number of ketones is 1. The van der Waals surface area contributed by atoms with Gasteiger partial charge in [-0.05, 0) is 101 Å². The number of hydrogen-bond donors (Lipinski definition) is 0. The van der Waals surface area contributed by atoms with Gasteiger partial charge in [-0.1, -0.05) is 0 Å². The average Bonchev–Trinajstić information content (AvgIpc) is 3.52. The molecule has 2 fully saturated rings. The monoisotopic (exact) mass is 588 g/mol. The number of Topliss-reactive ketones (excluding diaryl/α,β-unsaturated/α-hetero) is 1. The number of likely N-dealkylation sites (tertiary alicyclic amines) is 2. The predicted octanol–water partition coefficient (Wildman–Crippen LogP) is 3.43. The fourth-order valence-electron chi connectivity index (χ4n) is 5.02. The van der Waals surface area contributed by atoms with Crippen LogP contribution in [0.3, 0.4) is 0 Å². The van der Waals surface area contributed by atoms with Gasteiger partial charge in [-0.2, -0.15) is 10.2 Å². The normalized spacial score (nSPS) is 16.5. The minimum Gasteiger partial charge on any atom is -0.466 e. The molecule has 42 heavy (non-hydrogen) atoms. The summed E-state index contributed by atoms with van der Waals surface area (Å²) in [4.78, 5) is 47.7. The van der Waals surface area contributed by atoms with Gasteiger partial charge in [0.15, 0.2) is 6.29 Å². The highest BCUT2D eigenvalue weighted by Crippen LogP contribution is 2.24. The lowest BCUT2D eigenvalue weighted by atomic mass is 10.1. The van der Waals surface area contributed by atoms with Crippen LogP contribution in [0.5, 0.6) is 0 Å². The van der Waals surface area contributed by atoms with E-state index in [0.29, 0.717) is 36.4 Å². The third-order valence-electron chi connectivity index (χ3n) is 7.52. The highest BCUT2D eigenvalue weighted by Gasteiger charge is 2.24. The Morgan fingerprint density at radius 3 is 1.74 bits per heavy atom. The van der Waals surface area contributed by atoms with Gasteiger partial charge < -0.3 is 19.3 Å². The molecule has 0 unspecified atom stereocenters. The van der Waals surface area contributed by atoms with Crippen LogP contribution < -0.4 is 0 Å². The van der Waals surface area contributed by atoms with Gasteiger partial charge in [0.2, 0.25) is 0 Å². The highest BCUT2D eigenvalue weighted by molar-refractivity contribution is 5.94. The quantitative estimate of drug-likeness (QED) is 0.257. The molecule has 0 N–H and O–H groups in total. The molecule has 12 heteroatoms. The van der Waals surface area contributed by atoms with Gasteiger partial charge in [0.1, 0.15) is 17.8 Å². The number of carbonyl (C=O) groups excluding carboxylic acids is 4. The van der Waals surface area contributed by atoms with Gasteiger partial charge in [-0.3, -0.25) is 23.7 Å². The van der Waals surface area contributed by atoms with Gasteiger partial charge in [0.05, 0.1) is 48.9 Å². The van der Waals surface area contributed by atoms with Crippen LogP contribution in [0, 0.1) is 13.8 Å². The molecule has 0 bridgehead atoms. The van der Waals surface area contributed by atoms with Crippen molar-refractivity contribution in [3.05, 3.63) is 34.9 Å². The van der Waals surface area contributed by atoms with E-state index in [2.05, 4.69) is 38.8 Å². The van der Waals surface area contributed by atoms with Crippen molar-refractivity contribution in [3.63, 3.8) is 0 Å². The average molecular weight is 589 g/mol. The summed E-state index contributed by atoms with van der Waals surface area (Å²) in [6.45, 7) is 13.9. The van der Waals surface area contributed by atoms with Crippen LogP contribution in [0.1, 0.15) is 97.1 Å². The Labute approximate surface area is 249 Å². The van der Waals surface area contributed by atoms with Crippen LogP contribution in [0.2, 0.25) is 0 Å². The Hall–Kier alpha value is -3.38. The first-order valence-corrected chi connectivity index (χ1v) is 14.7. The smallest absolute Gasteiger partial charge is 0.341 e. The first-order chi connectivity index (χ1) is 20.0. The van der Waals surface area contributed by atoms with Crippen molar-refractivity contribution in [1.82, 2.24) is 29.4 Å². The summed E-state index contributed by atoms with van der Waals surface area (Å²) in [6.07, 6.45) is 8.49. The third kappa shape index (κ3) is 10.5. The zero-order chi connectivity index (χ0) is 31.2. The molecule has 2 aromatic rings. The van der Waals surface area contributed by atoms with E-state index in [1.54, 1.807) is 19.3 Å². The van der Waals surface area contributed by atoms with Crippen molar-refractivity contribution in [3.8, 4) is 0 Å². The Morgan fingerprint density at radius 1 is 0.833 bits per heavy atom. The third-order valence-corrected chi connectivity index (χ3v) is 7.52. The number of piperidine rings is 2. The Kier molecular flexibility index (Phi) is 14.5. The number of rotatable bonds is 8. The molecule has 0 aromatic carbocycles. The topological polar surface area (TPSA) is 129 Å². The summed E-state index contributed by atoms with van der Waals surface area (Å²) in [5.74, 6) is -0.868. The molecule has 0 aliphatic carbocycles. The first kappa shape index (κ1) is 34.8. The zero-order valence-corrected chi connectivity index (χ0v) is 26.3. The van der Waals surface area contributed by atoms with Crippen molar-refractivity contribution in [2.24, 2.45) is 0 Å². The van der Waals surface area contributed by atoms with Crippen molar-refractivity contribution in [1.29, 1.82) is 0 Å². The molecule has 0 radical (unpaired) electrons. The number of esters is 2. The maximum absolute atomic E-state index is 11.7. The molecule has 0 atom stereocenters. The minimum absolute atomic E-state index is 0.103. The number of carbonyl (C=O) groups is 4. The molecule has 2 saturated heterocycles. The first-order valence-electron chi connectivity index (χ1n) is 14.7. The predicted molar refractivity (Wildman–Crippen MR) is 159 cm³/mol. The van der Waals surface area contributed by atoms with Crippen molar-refractivity contribution in [2.45, 2.75) is 78.8 Å². The van der Waals surface area contributed by atoms with E-state index in [-0.39, 0.29) is 18.2 Å². The molecular formula is C30H48N6O6. The van der Waals surface area contributed by atoms with Gasteiger partial charge >= 0.3 is 11.9 Å². The van der Waals surface area contributed by atoms with Crippen LogP contribution in [-0.2, 0) is 19.1 Å². The molecule has 0 spiro atoms. The van der Waals surface area contributed by atoms with E-state index in [4.69, 9.17) is 4.74 Å². The molecule has 2 aliphatic heterocycles. The second kappa shape index (κ2) is 17.5. The number of ether oxygens (including phenoxy) is 2. The molecular weight excluding hydrogens is 540 g/mol. The van der Waals surface area contributed by atoms with Crippen molar-refractivity contribution in [2.75, 3.05) is 53.5 Å². The molecule has 2 aromatic heterocycles. The van der Waals surface area contributed by atoms with Gasteiger partial charge in [-0.15, -0.1) is 0 Å². The minimum atomic E-state index is -0.440. The molecule has 234 valence electrons. The largest absolute Gasteiger partial charge is 0.466 e. The summed E-state index contributed by atoms with van der Waals surface area (Å²) < 4.78 is 13.5. The van der Waals surface area contributed by atoms with Gasteiger partial charge in [-0.25, -0.2) is 4.79 Å². The fraction of sp³-hybridized carbons (Fsp3) is 0.667. The molecule has 4 heterocycles. The van der Waals surface area contributed by atoms with Crippen LogP contribution in [0.4, 0.5) is 0 Å². The Balaban J connectivity index is 0.000000233. The van der Waals surface area contributed by atoms with Gasteiger partial charge in [0.25, 0.3) is 0 Å². The van der Waals surface area contributed by atoms with E-state index < -0.39 is 5.97 Å². The number of hydrogen-bond acceptors (Lipinski definition) is 10. The van der Waals surface area contributed by atoms with E-state index in [0.717, 1.165) is 69.5 Å². The molecule has 0 amide bonds. The zero-order valence-electron chi connectivity index (χ0n) is 26.3. The maximum atomic E-state index is 11.7. The highest BCUT2D eigenvalue weighted by atomic mass is 16.5. The lowest BCUT2D eigenvalue weighted by Gasteiger charge is -2.29. The Morgan fingerprint density at radius 2 is 1.31 bits per heavy atom. The van der Waals surface area contributed by atoms with E-state index in [9.17, 15) is 19.2 Å². The number of nitrogens with zero attached hydrogens (tertiary/aromatic N) is 6. The second-order valence-electron chi connectivity index (χ2n) is 10.8. The van der Waals surface area contributed by atoms with E-state index >= 15 is 0 Å². The second-order valence-corrected chi connectivity index (χ2v) is 10.8.